The summed E-state index contributed by atoms with van der Waals surface area (Å²) in [7, 11) is -0.153. The van der Waals surface area contributed by atoms with Crippen LogP contribution in [0.15, 0.2) is 17.0 Å². The second kappa shape index (κ2) is 6.87. The lowest BCUT2D eigenvalue weighted by molar-refractivity contribution is 0.0276. The van der Waals surface area contributed by atoms with Gasteiger partial charge in [-0.2, -0.15) is 0 Å². The molecule has 0 aliphatic carbocycles. The van der Waals surface area contributed by atoms with Crippen molar-refractivity contribution in [2.24, 2.45) is 0 Å². The Bertz CT molecular complexity index is 595. The summed E-state index contributed by atoms with van der Waals surface area (Å²) in [6.45, 7) is 8.28. The molecule has 0 saturated heterocycles. The molecular formula is C15H26N2O3S. The van der Waals surface area contributed by atoms with Crippen LogP contribution in [-0.4, -0.2) is 34.7 Å². The number of sulfonamides is 1. The van der Waals surface area contributed by atoms with E-state index in [1.807, 2.05) is 40.8 Å². The van der Waals surface area contributed by atoms with Gasteiger partial charge in [0.25, 0.3) is 0 Å². The molecule has 1 rings (SSSR count). The zero-order valence-electron chi connectivity index (χ0n) is 13.7. The first-order valence-electron chi connectivity index (χ1n) is 6.92. The van der Waals surface area contributed by atoms with E-state index in [0.717, 1.165) is 16.7 Å². The minimum absolute atomic E-state index is 0.223. The van der Waals surface area contributed by atoms with E-state index < -0.39 is 15.6 Å². The molecule has 0 spiro atoms. The van der Waals surface area contributed by atoms with Crippen LogP contribution in [0.2, 0.25) is 0 Å². The average Bonchev–Trinajstić information content (AvgIpc) is 2.41. The predicted molar refractivity (Wildman–Crippen MR) is 85.0 cm³/mol. The molecule has 21 heavy (non-hydrogen) atoms. The lowest BCUT2D eigenvalue weighted by Gasteiger charge is -2.23. The average molecular weight is 314 g/mol. The molecule has 0 aliphatic heterocycles. The van der Waals surface area contributed by atoms with Gasteiger partial charge in [0.05, 0.1) is 10.5 Å². The van der Waals surface area contributed by atoms with Gasteiger partial charge in [0.15, 0.2) is 0 Å². The van der Waals surface area contributed by atoms with Gasteiger partial charge in [-0.15, -0.1) is 0 Å². The summed E-state index contributed by atoms with van der Waals surface area (Å²) in [6.07, 6.45) is 0. The van der Waals surface area contributed by atoms with E-state index in [0.29, 0.717) is 11.4 Å². The summed E-state index contributed by atoms with van der Waals surface area (Å²) in [5.74, 6) is 0. The third-order valence-corrected chi connectivity index (χ3v) is 5.12. The lowest BCUT2D eigenvalue weighted by atomic mass is 10.1. The molecule has 0 aromatic heterocycles. The summed E-state index contributed by atoms with van der Waals surface area (Å²) >= 11 is 0. The normalized spacial score (nSPS) is 12.7. The van der Waals surface area contributed by atoms with Crippen LogP contribution < -0.4 is 10.0 Å². The van der Waals surface area contributed by atoms with Crippen molar-refractivity contribution in [2.75, 3.05) is 20.7 Å². The van der Waals surface area contributed by atoms with E-state index in [1.165, 1.54) is 0 Å². The number of ether oxygens (including phenoxy) is 1. The number of hydrogen-bond donors (Lipinski definition) is 2. The van der Waals surface area contributed by atoms with E-state index in [9.17, 15) is 8.42 Å². The SMILES string of the molecule is CNCc1cc(C)c(C)c(S(=O)(=O)NCC(C)(C)OC)c1. The highest BCUT2D eigenvalue weighted by Crippen LogP contribution is 2.21. The largest absolute Gasteiger partial charge is 0.377 e. The van der Waals surface area contributed by atoms with E-state index in [1.54, 1.807) is 13.2 Å². The van der Waals surface area contributed by atoms with Crippen molar-refractivity contribution in [1.29, 1.82) is 0 Å². The summed E-state index contributed by atoms with van der Waals surface area (Å²) in [5.41, 5.74) is 2.15. The first-order valence-corrected chi connectivity index (χ1v) is 8.41. The van der Waals surface area contributed by atoms with E-state index in [-0.39, 0.29) is 6.54 Å². The molecule has 5 nitrogen and oxygen atoms in total. The molecule has 0 radical (unpaired) electrons. The van der Waals surface area contributed by atoms with Crippen LogP contribution in [-0.2, 0) is 21.3 Å². The zero-order valence-corrected chi connectivity index (χ0v) is 14.5. The van der Waals surface area contributed by atoms with Crippen LogP contribution in [0.3, 0.4) is 0 Å². The lowest BCUT2D eigenvalue weighted by Crippen LogP contribution is -2.39. The zero-order chi connectivity index (χ0) is 16.3. The number of hydrogen-bond acceptors (Lipinski definition) is 4. The van der Waals surface area contributed by atoms with Crippen LogP contribution in [0.4, 0.5) is 0 Å². The molecule has 0 atom stereocenters. The van der Waals surface area contributed by atoms with Crippen molar-refractivity contribution >= 4 is 10.0 Å². The van der Waals surface area contributed by atoms with Crippen LogP contribution in [0.1, 0.15) is 30.5 Å². The smallest absolute Gasteiger partial charge is 0.240 e. The van der Waals surface area contributed by atoms with Crippen molar-refractivity contribution in [2.45, 2.75) is 44.7 Å². The van der Waals surface area contributed by atoms with Gasteiger partial charge in [0.2, 0.25) is 10.0 Å². The van der Waals surface area contributed by atoms with Crippen molar-refractivity contribution in [1.82, 2.24) is 10.0 Å². The summed E-state index contributed by atoms with van der Waals surface area (Å²) in [5, 5.41) is 3.04. The fraction of sp³-hybridized carbons (Fsp3) is 0.600. The molecule has 2 N–H and O–H groups in total. The topological polar surface area (TPSA) is 67.4 Å². The molecule has 0 bridgehead atoms. The molecule has 0 aliphatic rings. The Morgan fingerprint density at radius 3 is 2.38 bits per heavy atom. The standard InChI is InChI=1S/C15H26N2O3S/c1-11-7-13(9-16-5)8-14(12(11)2)21(18,19)17-10-15(3,4)20-6/h7-8,16-17H,9-10H2,1-6H3. The van der Waals surface area contributed by atoms with Crippen molar-refractivity contribution in [3.63, 3.8) is 0 Å². The van der Waals surface area contributed by atoms with Gasteiger partial charge in [0, 0.05) is 20.2 Å². The van der Waals surface area contributed by atoms with Crippen LogP contribution in [0.25, 0.3) is 0 Å². The minimum atomic E-state index is -3.56. The second-order valence-corrected chi connectivity index (χ2v) is 7.59. The minimum Gasteiger partial charge on any atom is -0.377 e. The van der Waals surface area contributed by atoms with Gasteiger partial charge in [-0.1, -0.05) is 6.07 Å². The van der Waals surface area contributed by atoms with E-state index in [4.69, 9.17) is 4.74 Å². The highest BCUT2D eigenvalue weighted by atomic mass is 32.2. The Morgan fingerprint density at radius 2 is 1.86 bits per heavy atom. The summed E-state index contributed by atoms with van der Waals surface area (Å²) in [6, 6.07) is 3.73. The van der Waals surface area contributed by atoms with Crippen LogP contribution in [0, 0.1) is 13.8 Å². The second-order valence-electron chi connectivity index (χ2n) is 5.85. The maximum absolute atomic E-state index is 12.5. The summed E-state index contributed by atoms with van der Waals surface area (Å²) in [4.78, 5) is 0.333. The Morgan fingerprint density at radius 1 is 1.24 bits per heavy atom. The van der Waals surface area contributed by atoms with Crippen LogP contribution >= 0.6 is 0 Å². The summed E-state index contributed by atoms with van der Waals surface area (Å²) < 4.78 is 33.0. The quantitative estimate of drug-likeness (QED) is 0.804. The third kappa shape index (κ3) is 4.78. The first kappa shape index (κ1) is 18.1. The highest BCUT2D eigenvalue weighted by molar-refractivity contribution is 7.89. The number of methoxy groups -OCH3 is 1. The van der Waals surface area contributed by atoms with E-state index in [2.05, 4.69) is 10.0 Å². The maximum Gasteiger partial charge on any atom is 0.240 e. The number of nitrogens with one attached hydrogen (secondary N) is 2. The maximum atomic E-state index is 12.5. The van der Waals surface area contributed by atoms with Gasteiger partial charge in [0.1, 0.15) is 0 Å². The molecule has 0 saturated carbocycles. The molecule has 0 fully saturated rings. The fourth-order valence-electron chi connectivity index (χ4n) is 1.90. The number of rotatable bonds is 7. The predicted octanol–water partition coefficient (Wildman–Crippen LogP) is 1.73. The molecule has 0 unspecified atom stereocenters. The van der Waals surface area contributed by atoms with Crippen molar-refractivity contribution in [3.8, 4) is 0 Å². The van der Waals surface area contributed by atoms with Gasteiger partial charge in [-0.3, -0.25) is 0 Å². The van der Waals surface area contributed by atoms with Gasteiger partial charge in [-0.25, -0.2) is 13.1 Å². The first-order chi connectivity index (χ1) is 9.63. The van der Waals surface area contributed by atoms with Gasteiger partial charge in [-0.05, 0) is 57.5 Å². The Labute approximate surface area is 128 Å². The van der Waals surface area contributed by atoms with Gasteiger partial charge >= 0.3 is 0 Å². The van der Waals surface area contributed by atoms with E-state index >= 15 is 0 Å². The Kier molecular flexibility index (Phi) is 5.92. The molecule has 0 heterocycles. The molecule has 0 amide bonds. The van der Waals surface area contributed by atoms with Crippen LogP contribution in [0.5, 0.6) is 0 Å². The molecule has 1 aromatic rings. The molecule has 1 aromatic carbocycles. The number of benzene rings is 1. The Balaban J connectivity index is 3.13. The Hall–Kier alpha value is -0.950. The highest BCUT2D eigenvalue weighted by Gasteiger charge is 2.23. The molecule has 120 valence electrons. The molecule has 6 heteroatoms. The van der Waals surface area contributed by atoms with Crippen molar-refractivity contribution in [3.05, 3.63) is 28.8 Å². The molecular weight excluding hydrogens is 288 g/mol. The third-order valence-electron chi connectivity index (χ3n) is 3.59. The monoisotopic (exact) mass is 314 g/mol. The number of aryl methyl sites for hydroxylation is 1. The van der Waals surface area contributed by atoms with Gasteiger partial charge < -0.3 is 10.1 Å². The fourth-order valence-corrected chi connectivity index (χ4v) is 3.47. The van der Waals surface area contributed by atoms with Crippen molar-refractivity contribution < 1.29 is 13.2 Å².